The van der Waals surface area contributed by atoms with Crippen LogP contribution in [0.2, 0.25) is 5.02 Å². The van der Waals surface area contributed by atoms with Crippen molar-refractivity contribution < 1.29 is 9.13 Å². The van der Waals surface area contributed by atoms with Crippen LogP contribution in [0.1, 0.15) is 19.7 Å². The molecule has 2 aromatic rings. The topological polar surface area (TPSA) is 62.3 Å². The van der Waals surface area contributed by atoms with Crippen LogP contribution < -0.4 is 10.6 Å². The lowest BCUT2D eigenvalue weighted by Gasteiger charge is -2.33. The van der Waals surface area contributed by atoms with Crippen LogP contribution in [-0.2, 0) is 11.2 Å². The summed E-state index contributed by atoms with van der Waals surface area (Å²) < 4.78 is 23.0. The Kier molecular flexibility index (Phi) is 7.37. The van der Waals surface area contributed by atoms with Gasteiger partial charge in [0.1, 0.15) is 11.6 Å². The zero-order chi connectivity index (χ0) is 19.2. The fraction of sp³-hybridized carbons (Fsp3) is 0.556. The second-order valence-electron chi connectivity index (χ2n) is 6.78. The summed E-state index contributed by atoms with van der Waals surface area (Å²) in [6, 6.07) is 5.24. The lowest BCUT2D eigenvalue weighted by Crippen LogP contribution is -2.47. The number of halogens is 2. The monoisotopic (exact) mass is 413 g/mol. The molecule has 0 amide bonds. The minimum absolute atomic E-state index is 0.0805. The Hall–Kier alpha value is -1.32. The summed E-state index contributed by atoms with van der Waals surface area (Å²) in [6.45, 7) is 8.92. The lowest BCUT2D eigenvalue weighted by molar-refractivity contribution is 0.0200. The highest BCUT2D eigenvalue weighted by Gasteiger charge is 2.18. The molecular formula is C18H25ClFN5OS. The predicted octanol–water partition coefficient (Wildman–Crippen LogP) is 3.32. The van der Waals surface area contributed by atoms with Gasteiger partial charge in [0.15, 0.2) is 0 Å². The van der Waals surface area contributed by atoms with E-state index in [1.54, 1.807) is 6.07 Å². The van der Waals surface area contributed by atoms with E-state index in [0.717, 1.165) is 45.1 Å². The molecule has 1 aliphatic heterocycles. The van der Waals surface area contributed by atoms with Crippen molar-refractivity contribution in [3.05, 3.63) is 34.9 Å². The molecular weight excluding hydrogens is 389 g/mol. The van der Waals surface area contributed by atoms with Crippen molar-refractivity contribution in [3.63, 3.8) is 0 Å². The van der Waals surface area contributed by atoms with Crippen molar-refractivity contribution in [2.75, 3.05) is 38.2 Å². The van der Waals surface area contributed by atoms with Gasteiger partial charge in [0.05, 0.1) is 18.2 Å². The molecule has 6 nitrogen and oxygen atoms in total. The van der Waals surface area contributed by atoms with Crippen molar-refractivity contribution in [1.29, 1.82) is 0 Å². The van der Waals surface area contributed by atoms with Crippen molar-refractivity contribution in [3.8, 4) is 0 Å². The van der Waals surface area contributed by atoms with Gasteiger partial charge in [0.25, 0.3) is 0 Å². The first kappa shape index (κ1) is 20.4. The van der Waals surface area contributed by atoms with Gasteiger partial charge in [0.2, 0.25) is 5.13 Å². The van der Waals surface area contributed by atoms with Gasteiger partial charge in [-0.05, 0) is 32.0 Å². The van der Waals surface area contributed by atoms with Crippen LogP contribution in [-0.4, -0.2) is 59.2 Å². The normalized spacial score (nSPS) is 17.6. The lowest BCUT2D eigenvalue weighted by atomic mass is 10.2. The minimum Gasteiger partial charge on any atom is -0.379 e. The third-order valence-corrected chi connectivity index (χ3v) is 5.52. The molecule has 1 aliphatic rings. The summed E-state index contributed by atoms with van der Waals surface area (Å²) in [5.74, 6) is 0.348. The largest absolute Gasteiger partial charge is 0.379 e. The molecule has 1 aromatic carbocycles. The Morgan fingerprint density at radius 3 is 2.85 bits per heavy atom. The number of hydrogen-bond acceptors (Lipinski definition) is 7. The second-order valence-corrected chi connectivity index (χ2v) is 7.94. The molecule has 2 atom stereocenters. The van der Waals surface area contributed by atoms with Crippen LogP contribution in [0.5, 0.6) is 0 Å². The van der Waals surface area contributed by atoms with E-state index in [1.165, 1.54) is 23.7 Å². The highest BCUT2D eigenvalue weighted by molar-refractivity contribution is 7.09. The molecule has 2 N–H and O–H groups in total. The third-order valence-electron chi connectivity index (χ3n) is 4.56. The molecule has 2 unspecified atom stereocenters. The van der Waals surface area contributed by atoms with E-state index in [0.29, 0.717) is 16.9 Å². The summed E-state index contributed by atoms with van der Waals surface area (Å²) in [4.78, 5) is 6.95. The van der Waals surface area contributed by atoms with E-state index in [2.05, 4.69) is 38.7 Å². The number of aromatic nitrogens is 2. The van der Waals surface area contributed by atoms with Crippen LogP contribution >= 0.6 is 23.1 Å². The number of rotatable bonds is 8. The molecule has 0 saturated carbocycles. The molecule has 1 aromatic heterocycles. The minimum atomic E-state index is -0.439. The molecule has 0 radical (unpaired) electrons. The van der Waals surface area contributed by atoms with Gasteiger partial charge in [-0.15, -0.1) is 0 Å². The quantitative estimate of drug-likeness (QED) is 0.692. The van der Waals surface area contributed by atoms with Gasteiger partial charge >= 0.3 is 0 Å². The average molecular weight is 414 g/mol. The number of nitrogens with one attached hydrogen (secondary N) is 2. The summed E-state index contributed by atoms with van der Waals surface area (Å²) in [7, 11) is 0. The molecule has 0 aliphatic carbocycles. The Morgan fingerprint density at radius 2 is 2.11 bits per heavy atom. The first-order valence-electron chi connectivity index (χ1n) is 9.11. The van der Waals surface area contributed by atoms with E-state index in [-0.39, 0.29) is 11.1 Å². The Bertz CT molecular complexity index is 740. The van der Waals surface area contributed by atoms with Crippen molar-refractivity contribution in [2.45, 2.75) is 32.4 Å². The molecule has 2 heterocycles. The number of nitrogens with zero attached hydrogens (tertiary/aromatic N) is 3. The fourth-order valence-corrected chi connectivity index (χ4v) is 3.75. The molecule has 148 valence electrons. The highest BCUT2D eigenvalue weighted by Crippen LogP contribution is 2.23. The fourth-order valence-electron chi connectivity index (χ4n) is 2.95. The number of benzene rings is 1. The number of anilines is 2. The van der Waals surface area contributed by atoms with Crippen LogP contribution in [0.15, 0.2) is 18.2 Å². The summed E-state index contributed by atoms with van der Waals surface area (Å²) in [5, 5.41) is 7.43. The molecule has 9 heteroatoms. The molecule has 1 saturated heterocycles. The molecule has 0 bridgehead atoms. The Labute approximate surface area is 168 Å². The van der Waals surface area contributed by atoms with Gasteiger partial charge in [-0.2, -0.15) is 4.37 Å². The van der Waals surface area contributed by atoms with Gasteiger partial charge < -0.3 is 15.4 Å². The van der Waals surface area contributed by atoms with Gasteiger partial charge in [-0.1, -0.05) is 11.6 Å². The maximum absolute atomic E-state index is 13.2. The highest BCUT2D eigenvalue weighted by atomic mass is 35.5. The molecule has 0 spiro atoms. The summed E-state index contributed by atoms with van der Waals surface area (Å²) in [6.07, 6.45) is 0.748. The molecule has 27 heavy (non-hydrogen) atoms. The van der Waals surface area contributed by atoms with Crippen LogP contribution in [0, 0.1) is 5.82 Å². The van der Waals surface area contributed by atoms with Crippen molar-refractivity contribution in [2.24, 2.45) is 0 Å². The maximum Gasteiger partial charge on any atom is 0.207 e. The standard InChI is InChI=1S/C18H25ClFN5OS/c1-12(21-11-13(2)25-5-7-26-8-6-25)9-17-23-18(27-24-17)22-14-3-4-16(20)15(19)10-14/h3-4,10,12-13,21H,5-9,11H2,1-2H3,(H,22,23,24). The zero-order valence-corrected chi connectivity index (χ0v) is 17.1. The Balaban J connectivity index is 1.45. The van der Waals surface area contributed by atoms with Crippen molar-refractivity contribution >= 4 is 34.0 Å². The van der Waals surface area contributed by atoms with E-state index in [4.69, 9.17) is 16.3 Å². The summed E-state index contributed by atoms with van der Waals surface area (Å²) >= 11 is 7.09. The smallest absolute Gasteiger partial charge is 0.207 e. The van der Waals surface area contributed by atoms with Gasteiger partial charge in [-0.3, -0.25) is 4.90 Å². The van der Waals surface area contributed by atoms with Crippen LogP contribution in [0.25, 0.3) is 0 Å². The van der Waals surface area contributed by atoms with Crippen LogP contribution in [0.3, 0.4) is 0 Å². The average Bonchev–Trinajstić information content (AvgIpc) is 3.10. The summed E-state index contributed by atoms with van der Waals surface area (Å²) in [5.41, 5.74) is 0.689. The van der Waals surface area contributed by atoms with Gasteiger partial charge in [-0.25, -0.2) is 9.37 Å². The van der Waals surface area contributed by atoms with E-state index < -0.39 is 5.82 Å². The predicted molar refractivity (Wildman–Crippen MR) is 108 cm³/mol. The first-order chi connectivity index (χ1) is 13.0. The molecule has 3 rings (SSSR count). The number of morpholine rings is 1. The SMILES string of the molecule is CC(Cc1nsc(Nc2ccc(F)c(Cl)c2)n1)NCC(C)N1CCOCC1. The Morgan fingerprint density at radius 1 is 1.33 bits per heavy atom. The van der Waals surface area contributed by atoms with E-state index >= 15 is 0 Å². The van der Waals surface area contributed by atoms with Gasteiger partial charge in [0, 0.05) is 55.4 Å². The van der Waals surface area contributed by atoms with Crippen molar-refractivity contribution in [1.82, 2.24) is 19.6 Å². The second kappa shape index (κ2) is 9.75. The number of hydrogen-bond donors (Lipinski definition) is 2. The third kappa shape index (κ3) is 6.08. The first-order valence-corrected chi connectivity index (χ1v) is 10.3. The maximum atomic E-state index is 13.2. The van der Waals surface area contributed by atoms with E-state index in [1.807, 2.05) is 0 Å². The van der Waals surface area contributed by atoms with Crippen LogP contribution in [0.4, 0.5) is 15.2 Å². The molecule has 1 fully saturated rings. The van der Waals surface area contributed by atoms with E-state index in [9.17, 15) is 4.39 Å². The zero-order valence-electron chi connectivity index (χ0n) is 15.5. The number of ether oxygens (including phenoxy) is 1.